The van der Waals surface area contributed by atoms with Crippen molar-refractivity contribution >= 4 is 17.0 Å². The summed E-state index contributed by atoms with van der Waals surface area (Å²) < 4.78 is 5.46. The molecule has 18 heavy (non-hydrogen) atoms. The third-order valence-electron chi connectivity index (χ3n) is 2.31. The first kappa shape index (κ1) is 12.5. The van der Waals surface area contributed by atoms with Crippen LogP contribution in [0, 0.1) is 10.1 Å². The van der Waals surface area contributed by atoms with Crippen molar-refractivity contribution in [2.45, 2.75) is 13.2 Å². The molecule has 6 nitrogen and oxygen atoms in total. The van der Waals surface area contributed by atoms with Crippen molar-refractivity contribution in [3.63, 3.8) is 0 Å². The predicted octanol–water partition coefficient (Wildman–Crippen LogP) is 2.09. The smallest absolute Gasteiger partial charge is 0.310 e. The van der Waals surface area contributed by atoms with Gasteiger partial charge in [-0.15, -0.1) is 11.3 Å². The molecular formula is C11H11N3O3S. The van der Waals surface area contributed by atoms with Gasteiger partial charge in [-0.3, -0.25) is 15.1 Å². The van der Waals surface area contributed by atoms with Crippen LogP contribution >= 0.6 is 11.3 Å². The highest BCUT2D eigenvalue weighted by molar-refractivity contribution is 7.09. The van der Waals surface area contributed by atoms with E-state index in [1.165, 1.54) is 17.4 Å². The lowest BCUT2D eigenvalue weighted by molar-refractivity contribution is -0.386. The van der Waals surface area contributed by atoms with Crippen LogP contribution in [-0.2, 0) is 13.2 Å². The summed E-state index contributed by atoms with van der Waals surface area (Å²) in [6.07, 6.45) is 1.67. The predicted molar refractivity (Wildman–Crippen MR) is 67.4 cm³/mol. The van der Waals surface area contributed by atoms with Crippen molar-refractivity contribution in [1.29, 1.82) is 0 Å². The maximum absolute atomic E-state index is 10.9. The molecule has 0 radical (unpaired) electrons. The summed E-state index contributed by atoms with van der Waals surface area (Å²) in [5.41, 5.74) is 7.92. The van der Waals surface area contributed by atoms with Gasteiger partial charge in [-0.25, -0.2) is 0 Å². The van der Waals surface area contributed by atoms with Crippen LogP contribution in [0.1, 0.15) is 10.4 Å². The molecule has 0 aliphatic carbocycles. The molecule has 1 aromatic carbocycles. The van der Waals surface area contributed by atoms with Crippen LogP contribution in [0.5, 0.6) is 5.75 Å². The molecule has 2 N–H and O–H groups in total. The Morgan fingerprint density at radius 2 is 2.33 bits per heavy atom. The minimum Gasteiger partial charge on any atom is -0.481 e. The number of rotatable bonds is 5. The highest BCUT2D eigenvalue weighted by atomic mass is 32.1. The number of nitro groups is 1. The first-order chi connectivity index (χ1) is 8.70. The number of nitrogens with two attached hydrogens (primary N) is 1. The quantitative estimate of drug-likeness (QED) is 0.660. The lowest BCUT2D eigenvalue weighted by Gasteiger charge is -2.06. The normalized spacial score (nSPS) is 10.3. The average molecular weight is 265 g/mol. The standard InChI is InChI=1S/C11H11N3O3S/c12-4-8-1-2-10(14(15)16)11(3-8)17-6-9-5-13-7-18-9/h1-3,5,7H,4,6,12H2. The maximum atomic E-state index is 10.9. The van der Waals surface area contributed by atoms with Gasteiger partial charge in [-0.1, -0.05) is 6.07 Å². The summed E-state index contributed by atoms with van der Waals surface area (Å²) in [7, 11) is 0. The van der Waals surface area contributed by atoms with E-state index in [1.807, 2.05) is 0 Å². The Labute approximate surface area is 107 Å². The maximum Gasteiger partial charge on any atom is 0.310 e. The third kappa shape index (κ3) is 2.82. The van der Waals surface area contributed by atoms with Gasteiger partial charge in [0.15, 0.2) is 5.75 Å². The second kappa shape index (κ2) is 5.56. The largest absolute Gasteiger partial charge is 0.481 e. The lowest BCUT2D eigenvalue weighted by Crippen LogP contribution is -2.01. The molecule has 1 aromatic heterocycles. The number of hydrogen-bond acceptors (Lipinski definition) is 6. The van der Waals surface area contributed by atoms with E-state index in [0.29, 0.717) is 6.54 Å². The first-order valence-corrected chi connectivity index (χ1v) is 6.06. The Balaban J connectivity index is 2.20. The summed E-state index contributed by atoms with van der Waals surface area (Å²) in [4.78, 5) is 15.2. The molecule has 2 aromatic rings. The summed E-state index contributed by atoms with van der Waals surface area (Å²) in [5.74, 6) is 0.233. The van der Waals surface area contributed by atoms with Crippen LogP contribution in [-0.4, -0.2) is 9.91 Å². The van der Waals surface area contributed by atoms with E-state index in [4.69, 9.17) is 10.5 Å². The van der Waals surface area contributed by atoms with Gasteiger partial charge in [0.1, 0.15) is 6.61 Å². The molecule has 0 bridgehead atoms. The Morgan fingerprint density at radius 1 is 1.50 bits per heavy atom. The monoisotopic (exact) mass is 265 g/mol. The average Bonchev–Trinajstić information content (AvgIpc) is 2.88. The van der Waals surface area contributed by atoms with Crippen LogP contribution in [0.25, 0.3) is 0 Å². The zero-order valence-electron chi connectivity index (χ0n) is 9.41. The van der Waals surface area contributed by atoms with E-state index in [-0.39, 0.29) is 18.0 Å². The SMILES string of the molecule is NCc1ccc([N+](=O)[O-])c(OCc2cncs2)c1. The van der Waals surface area contributed by atoms with Crippen molar-refractivity contribution in [3.8, 4) is 5.75 Å². The van der Waals surface area contributed by atoms with Crippen LogP contribution in [0.4, 0.5) is 5.69 Å². The molecule has 2 rings (SSSR count). The van der Waals surface area contributed by atoms with Crippen LogP contribution in [0.2, 0.25) is 0 Å². The Hall–Kier alpha value is -1.99. The second-order valence-corrected chi connectivity index (χ2v) is 4.49. The number of aromatic nitrogens is 1. The highest BCUT2D eigenvalue weighted by Crippen LogP contribution is 2.28. The van der Waals surface area contributed by atoms with Crippen molar-refractivity contribution in [3.05, 3.63) is 50.5 Å². The minimum absolute atomic E-state index is 0.0586. The molecule has 7 heteroatoms. The fraction of sp³-hybridized carbons (Fsp3) is 0.182. The Morgan fingerprint density at radius 3 is 2.94 bits per heavy atom. The molecule has 0 fully saturated rings. The van der Waals surface area contributed by atoms with E-state index < -0.39 is 4.92 Å². The molecule has 0 atom stereocenters. The second-order valence-electron chi connectivity index (χ2n) is 3.52. The molecule has 1 heterocycles. The van der Waals surface area contributed by atoms with E-state index in [2.05, 4.69) is 4.98 Å². The summed E-state index contributed by atoms with van der Waals surface area (Å²) >= 11 is 1.44. The number of thiazole rings is 1. The summed E-state index contributed by atoms with van der Waals surface area (Å²) in [5, 5.41) is 10.9. The van der Waals surface area contributed by atoms with Gasteiger partial charge in [-0.2, -0.15) is 0 Å². The third-order valence-corrected chi connectivity index (χ3v) is 3.06. The van der Waals surface area contributed by atoms with E-state index >= 15 is 0 Å². The summed E-state index contributed by atoms with van der Waals surface area (Å²) in [6.45, 7) is 0.578. The zero-order valence-corrected chi connectivity index (χ0v) is 10.2. The molecule has 0 saturated carbocycles. The van der Waals surface area contributed by atoms with Crippen molar-refractivity contribution in [2.75, 3.05) is 0 Å². The molecule has 0 aliphatic rings. The number of ether oxygens (including phenoxy) is 1. The fourth-order valence-electron chi connectivity index (χ4n) is 1.41. The molecule has 0 unspecified atom stereocenters. The lowest BCUT2D eigenvalue weighted by atomic mass is 10.2. The van der Waals surface area contributed by atoms with Gasteiger partial charge in [-0.05, 0) is 11.6 Å². The van der Waals surface area contributed by atoms with Gasteiger partial charge in [0.25, 0.3) is 0 Å². The van der Waals surface area contributed by atoms with Gasteiger partial charge in [0.2, 0.25) is 0 Å². The Bertz CT molecular complexity index is 542. The van der Waals surface area contributed by atoms with Gasteiger partial charge < -0.3 is 10.5 Å². The van der Waals surface area contributed by atoms with E-state index in [0.717, 1.165) is 10.4 Å². The minimum atomic E-state index is -0.470. The van der Waals surface area contributed by atoms with Gasteiger partial charge >= 0.3 is 5.69 Å². The van der Waals surface area contributed by atoms with Gasteiger partial charge in [0.05, 0.1) is 15.3 Å². The van der Waals surface area contributed by atoms with Crippen LogP contribution in [0.3, 0.4) is 0 Å². The first-order valence-electron chi connectivity index (χ1n) is 5.18. The molecular weight excluding hydrogens is 254 g/mol. The van der Waals surface area contributed by atoms with Crippen LogP contribution in [0.15, 0.2) is 29.9 Å². The highest BCUT2D eigenvalue weighted by Gasteiger charge is 2.15. The number of nitrogens with zero attached hydrogens (tertiary/aromatic N) is 2. The fourth-order valence-corrected chi connectivity index (χ4v) is 1.92. The number of hydrogen-bond donors (Lipinski definition) is 1. The van der Waals surface area contributed by atoms with Crippen molar-refractivity contribution in [1.82, 2.24) is 4.98 Å². The number of nitro benzene ring substituents is 1. The molecule has 0 aliphatic heterocycles. The molecule has 94 valence electrons. The Kier molecular flexibility index (Phi) is 3.85. The van der Waals surface area contributed by atoms with E-state index in [9.17, 15) is 10.1 Å². The number of benzene rings is 1. The summed E-state index contributed by atoms with van der Waals surface area (Å²) in [6, 6.07) is 4.63. The molecule has 0 amide bonds. The van der Waals surface area contributed by atoms with Gasteiger partial charge in [0, 0.05) is 18.8 Å². The zero-order chi connectivity index (χ0) is 13.0. The van der Waals surface area contributed by atoms with Crippen molar-refractivity contribution in [2.24, 2.45) is 5.73 Å². The molecule has 0 saturated heterocycles. The molecule has 0 spiro atoms. The van der Waals surface area contributed by atoms with Crippen molar-refractivity contribution < 1.29 is 9.66 Å². The van der Waals surface area contributed by atoms with Crippen LogP contribution < -0.4 is 10.5 Å². The topological polar surface area (TPSA) is 91.3 Å². The van der Waals surface area contributed by atoms with E-state index in [1.54, 1.807) is 23.8 Å².